The van der Waals surface area contributed by atoms with Crippen LogP contribution in [0.25, 0.3) is 0 Å². The van der Waals surface area contributed by atoms with E-state index < -0.39 is 0 Å². The summed E-state index contributed by atoms with van der Waals surface area (Å²) < 4.78 is 15.9. The van der Waals surface area contributed by atoms with E-state index >= 15 is 0 Å². The van der Waals surface area contributed by atoms with Gasteiger partial charge in [-0.15, -0.1) is 0 Å². The first-order valence-electron chi connectivity index (χ1n) is 6.72. The van der Waals surface area contributed by atoms with Crippen molar-refractivity contribution in [2.75, 3.05) is 20.3 Å². The fourth-order valence-electron chi connectivity index (χ4n) is 1.78. The number of rotatable bonds is 6. The molecule has 0 aliphatic carbocycles. The average molecular weight is 289 g/mol. The van der Waals surface area contributed by atoms with Crippen LogP contribution in [-0.2, 0) is 0 Å². The molecule has 2 rings (SSSR count). The van der Waals surface area contributed by atoms with E-state index in [0.717, 1.165) is 22.8 Å². The van der Waals surface area contributed by atoms with Crippen molar-refractivity contribution in [3.8, 4) is 11.5 Å². The van der Waals surface area contributed by atoms with Gasteiger partial charge >= 0.3 is 0 Å². The number of benzene rings is 1. The van der Waals surface area contributed by atoms with Gasteiger partial charge in [-0.2, -0.15) is 0 Å². The molecule has 0 spiro atoms. The Balaban J connectivity index is 1.75. The molecule has 1 aromatic heterocycles. The minimum atomic E-state index is -0.232. The van der Waals surface area contributed by atoms with Gasteiger partial charge < -0.3 is 19.2 Å². The van der Waals surface area contributed by atoms with Crippen LogP contribution in [0.2, 0.25) is 0 Å². The molecule has 0 fully saturated rings. The molecule has 0 radical (unpaired) electrons. The van der Waals surface area contributed by atoms with E-state index in [9.17, 15) is 4.79 Å². The first-order valence-corrected chi connectivity index (χ1v) is 6.72. The Kier molecular flexibility index (Phi) is 4.87. The summed E-state index contributed by atoms with van der Waals surface area (Å²) in [5.41, 5.74) is 0.967. The number of carbonyl (C=O) groups excluding carboxylic acids is 1. The van der Waals surface area contributed by atoms with Crippen LogP contribution in [0.1, 0.15) is 21.9 Å². The van der Waals surface area contributed by atoms with E-state index in [1.165, 1.54) is 0 Å². The fraction of sp³-hybridized carbons (Fsp3) is 0.312. The molecule has 1 heterocycles. The van der Waals surface area contributed by atoms with Crippen molar-refractivity contribution in [1.29, 1.82) is 0 Å². The third-order valence-corrected chi connectivity index (χ3v) is 3.11. The number of ether oxygens (including phenoxy) is 2. The maximum atomic E-state index is 11.8. The number of nitrogens with one attached hydrogen (secondary N) is 1. The van der Waals surface area contributed by atoms with E-state index in [2.05, 4.69) is 5.32 Å². The van der Waals surface area contributed by atoms with Crippen molar-refractivity contribution in [2.24, 2.45) is 0 Å². The Morgan fingerprint density at radius 3 is 2.43 bits per heavy atom. The second-order valence-corrected chi connectivity index (χ2v) is 4.63. The van der Waals surface area contributed by atoms with E-state index in [1.54, 1.807) is 13.2 Å². The smallest absolute Gasteiger partial charge is 0.287 e. The van der Waals surface area contributed by atoms with E-state index in [-0.39, 0.29) is 5.91 Å². The van der Waals surface area contributed by atoms with Crippen LogP contribution in [0.5, 0.6) is 11.5 Å². The summed E-state index contributed by atoms with van der Waals surface area (Å²) in [5, 5.41) is 2.75. The van der Waals surface area contributed by atoms with Crippen molar-refractivity contribution in [3.05, 3.63) is 47.4 Å². The number of hydrogen-bond donors (Lipinski definition) is 1. The van der Waals surface area contributed by atoms with Crippen LogP contribution in [0.4, 0.5) is 0 Å². The highest BCUT2D eigenvalue weighted by molar-refractivity contribution is 5.91. The third kappa shape index (κ3) is 4.02. The number of amides is 1. The van der Waals surface area contributed by atoms with Gasteiger partial charge in [0.2, 0.25) is 0 Å². The number of hydrogen-bond acceptors (Lipinski definition) is 4. The summed E-state index contributed by atoms with van der Waals surface area (Å²) >= 11 is 0. The monoisotopic (exact) mass is 289 g/mol. The van der Waals surface area contributed by atoms with Gasteiger partial charge in [-0.05, 0) is 49.7 Å². The molecule has 0 bridgehead atoms. The third-order valence-electron chi connectivity index (χ3n) is 3.11. The fourth-order valence-corrected chi connectivity index (χ4v) is 1.78. The maximum absolute atomic E-state index is 11.8. The van der Waals surface area contributed by atoms with Gasteiger partial charge in [-0.25, -0.2) is 0 Å². The Labute approximate surface area is 123 Å². The highest BCUT2D eigenvalue weighted by Crippen LogP contribution is 2.16. The van der Waals surface area contributed by atoms with Crippen molar-refractivity contribution in [2.45, 2.75) is 13.8 Å². The molecule has 0 saturated carbocycles. The minimum Gasteiger partial charge on any atom is -0.497 e. The predicted molar refractivity (Wildman–Crippen MR) is 79.0 cm³/mol. The Morgan fingerprint density at radius 2 is 1.86 bits per heavy atom. The highest BCUT2D eigenvalue weighted by Gasteiger charge is 2.11. The SMILES string of the molecule is COc1ccc(OCCNC(=O)c2cc(C)c(C)o2)cc1. The molecule has 1 amide bonds. The molecule has 1 N–H and O–H groups in total. The molecule has 0 atom stereocenters. The molecule has 5 nitrogen and oxygen atoms in total. The second kappa shape index (κ2) is 6.83. The van der Waals surface area contributed by atoms with Gasteiger partial charge in [-0.3, -0.25) is 4.79 Å². The van der Waals surface area contributed by atoms with E-state index in [1.807, 2.05) is 38.1 Å². The lowest BCUT2D eigenvalue weighted by Gasteiger charge is -2.07. The van der Waals surface area contributed by atoms with Gasteiger partial charge in [0.25, 0.3) is 5.91 Å². The van der Waals surface area contributed by atoms with Crippen molar-refractivity contribution >= 4 is 5.91 Å². The Bertz CT molecular complexity index is 582. The van der Waals surface area contributed by atoms with Gasteiger partial charge in [0, 0.05) is 0 Å². The molecule has 1 aromatic carbocycles. The lowest BCUT2D eigenvalue weighted by Crippen LogP contribution is -2.27. The zero-order valence-corrected chi connectivity index (χ0v) is 12.4. The number of aryl methyl sites for hydroxylation is 2. The number of methoxy groups -OCH3 is 1. The van der Waals surface area contributed by atoms with Gasteiger partial charge in [0.05, 0.1) is 13.7 Å². The molecule has 112 valence electrons. The van der Waals surface area contributed by atoms with Crippen LogP contribution < -0.4 is 14.8 Å². The second-order valence-electron chi connectivity index (χ2n) is 4.63. The van der Waals surface area contributed by atoms with Crippen molar-refractivity contribution in [1.82, 2.24) is 5.32 Å². The average Bonchev–Trinajstić information content (AvgIpc) is 2.84. The topological polar surface area (TPSA) is 60.7 Å². The summed E-state index contributed by atoms with van der Waals surface area (Å²) in [6.07, 6.45) is 0. The molecule has 2 aromatic rings. The number of furan rings is 1. The predicted octanol–water partition coefficient (Wildman–Crippen LogP) is 2.71. The molecule has 0 saturated heterocycles. The quantitative estimate of drug-likeness (QED) is 0.831. The molecule has 5 heteroatoms. The molecular formula is C16H19NO4. The Morgan fingerprint density at radius 1 is 1.19 bits per heavy atom. The summed E-state index contributed by atoms with van der Waals surface area (Å²) in [6, 6.07) is 9.01. The van der Waals surface area contributed by atoms with Crippen LogP contribution in [0.15, 0.2) is 34.7 Å². The lowest BCUT2D eigenvalue weighted by molar-refractivity contribution is 0.0918. The van der Waals surface area contributed by atoms with Crippen LogP contribution in [0.3, 0.4) is 0 Å². The Hall–Kier alpha value is -2.43. The summed E-state index contributed by atoms with van der Waals surface area (Å²) in [6.45, 7) is 4.53. The van der Waals surface area contributed by atoms with E-state index in [4.69, 9.17) is 13.9 Å². The molecule has 0 aliphatic rings. The summed E-state index contributed by atoms with van der Waals surface area (Å²) in [5.74, 6) is 2.36. The summed E-state index contributed by atoms with van der Waals surface area (Å²) in [7, 11) is 1.61. The zero-order chi connectivity index (χ0) is 15.2. The first-order chi connectivity index (χ1) is 10.1. The van der Waals surface area contributed by atoms with Crippen LogP contribution in [-0.4, -0.2) is 26.2 Å². The molecule has 21 heavy (non-hydrogen) atoms. The van der Waals surface area contributed by atoms with Crippen molar-refractivity contribution < 1.29 is 18.7 Å². The maximum Gasteiger partial charge on any atom is 0.287 e. The standard InChI is InChI=1S/C16H19NO4/c1-11-10-15(21-12(11)2)16(18)17-8-9-20-14-6-4-13(19-3)5-7-14/h4-7,10H,8-9H2,1-3H3,(H,17,18). The lowest BCUT2D eigenvalue weighted by atomic mass is 10.3. The first kappa shape index (κ1) is 15.0. The minimum absolute atomic E-state index is 0.232. The number of carbonyl (C=O) groups is 1. The van der Waals surface area contributed by atoms with Crippen molar-refractivity contribution in [3.63, 3.8) is 0 Å². The van der Waals surface area contributed by atoms with Gasteiger partial charge in [0.15, 0.2) is 5.76 Å². The van der Waals surface area contributed by atoms with E-state index in [0.29, 0.717) is 18.9 Å². The van der Waals surface area contributed by atoms with Crippen LogP contribution in [0, 0.1) is 13.8 Å². The zero-order valence-electron chi connectivity index (χ0n) is 12.4. The molecule has 0 aliphatic heterocycles. The van der Waals surface area contributed by atoms with Crippen LogP contribution >= 0.6 is 0 Å². The normalized spacial score (nSPS) is 10.2. The summed E-state index contributed by atoms with van der Waals surface area (Å²) in [4.78, 5) is 11.8. The largest absolute Gasteiger partial charge is 0.497 e. The van der Waals surface area contributed by atoms with Gasteiger partial charge in [0.1, 0.15) is 23.9 Å². The highest BCUT2D eigenvalue weighted by atomic mass is 16.5. The van der Waals surface area contributed by atoms with Gasteiger partial charge in [-0.1, -0.05) is 0 Å². The molecular weight excluding hydrogens is 270 g/mol. The molecule has 0 unspecified atom stereocenters.